The Morgan fingerprint density at radius 2 is 1.69 bits per heavy atom. The van der Waals surface area contributed by atoms with Crippen molar-refractivity contribution >= 4 is 5.84 Å². The van der Waals surface area contributed by atoms with Crippen LogP contribution in [0.1, 0.15) is 46.5 Å². The van der Waals surface area contributed by atoms with Gasteiger partial charge in [0.2, 0.25) is 0 Å². The maximum atomic E-state index is 8.22. The molecule has 16 heavy (non-hydrogen) atoms. The van der Waals surface area contributed by atoms with Crippen molar-refractivity contribution in [1.29, 1.82) is 5.41 Å². The highest BCUT2D eigenvalue weighted by Crippen LogP contribution is 2.42. The number of nitrogens with one attached hydrogen (secondary N) is 1. The van der Waals surface area contributed by atoms with Crippen molar-refractivity contribution in [2.45, 2.75) is 52.1 Å². The summed E-state index contributed by atoms with van der Waals surface area (Å²) >= 11 is 0. The smallest absolute Gasteiger partial charge is 0.128 e. The van der Waals surface area contributed by atoms with E-state index in [1.54, 1.807) is 0 Å². The molecule has 0 aliphatic heterocycles. The zero-order valence-corrected chi connectivity index (χ0v) is 11.4. The van der Waals surface area contributed by atoms with E-state index in [1.807, 2.05) is 25.9 Å². The molecule has 0 aromatic carbocycles. The fourth-order valence-corrected chi connectivity index (χ4v) is 2.46. The molecule has 0 aromatic rings. The Balaban J connectivity index is 2.80. The SMILES string of the molecule is CCOC1(C(=N)N(C)C)CCC(C)(C)CC1. The third-order valence-electron chi connectivity index (χ3n) is 3.71. The molecule has 94 valence electrons. The summed E-state index contributed by atoms with van der Waals surface area (Å²) in [5.41, 5.74) is 0.0843. The minimum Gasteiger partial charge on any atom is -0.367 e. The van der Waals surface area contributed by atoms with E-state index >= 15 is 0 Å². The van der Waals surface area contributed by atoms with Gasteiger partial charge in [-0.1, -0.05) is 13.8 Å². The van der Waals surface area contributed by atoms with Crippen LogP contribution in [-0.2, 0) is 4.74 Å². The summed E-state index contributed by atoms with van der Waals surface area (Å²) in [7, 11) is 3.87. The van der Waals surface area contributed by atoms with E-state index in [9.17, 15) is 0 Å². The molecule has 0 saturated heterocycles. The molecule has 1 fully saturated rings. The highest BCUT2D eigenvalue weighted by molar-refractivity contribution is 5.87. The number of hydrogen-bond donors (Lipinski definition) is 1. The first-order chi connectivity index (χ1) is 7.33. The first-order valence-electron chi connectivity index (χ1n) is 6.23. The zero-order valence-electron chi connectivity index (χ0n) is 11.4. The Hall–Kier alpha value is -0.570. The molecule has 0 aromatic heterocycles. The summed E-state index contributed by atoms with van der Waals surface area (Å²) in [6, 6.07) is 0. The fraction of sp³-hybridized carbons (Fsp3) is 0.923. The molecule has 1 saturated carbocycles. The van der Waals surface area contributed by atoms with Gasteiger partial charge in [0.05, 0.1) is 0 Å². The molecule has 3 nitrogen and oxygen atoms in total. The molecular weight excluding hydrogens is 200 g/mol. The molecule has 0 spiro atoms. The molecule has 1 aliphatic carbocycles. The van der Waals surface area contributed by atoms with Crippen molar-refractivity contribution in [3.05, 3.63) is 0 Å². The van der Waals surface area contributed by atoms with Gasteiger partial charge in [-0.3, -0.25) is 5.41 Å². The second-order valence-corrected chi connectivity index (χ2v) is 5.83. The molecule has 0 unspecified atom stereocenters. The number of likely N-dealkylation sites (N-methyl/N-ethyl adjacent to an activating group) is 1. The maximum Gasteiger partial charge on any atom is 0.128 e. The van der Waals surface area contributed by atoms with E-state index in [0.717, 1.165) is 25.7 Å². The Morgan fingerprint density at radius 3 is 2.06 bits per heavy atom. The predicted octanol–water partition coefficient (Wildman–Crippen LogP) is 2.90. The lowest BCUT2D eigenvalue weighted by Crippen LogP contribution is -2.51. The van der Waals surface area contributed by atoms with Crippen molar-refractivity contribution in [2.24, 2.45) is 5.41 Å². The average molecular weight is 226 g/mol. The highest BCUT2D eigenvalue weighted by Gasteiger charge is 2.43. The van der Waals surface area contributed by atoms with Crippen molar-refractivity contribution < 1.29 is 4.74 Å². The largest absolute Gasteiger partial charge is 0.367 e. The predicted molar refractivity (Wildman–Crippen MR) is 68.0 cm³/mol. The minimum atomic E-state index is -0.326. The van der Waals surface area contributed by atoms with Crippen molar-refractivity contribution in [3.63, 3.8) is 0 Å². The normalized spacial score (nSPS) is 22.8. The van der Waals surface area contributed by atoms with Gasteiger partial charge < -0.3 is 9.64 Å². The molecule has 0 atom stereocenters. The van der Waals surface area contributed by atoms with Crippen LogP contribution in [-0.4, -0.2) is 37.0 Å². The zero-order chi connectivity index (χ0) is 12.4. The van der Waals surface area contributed by atoms with Gasteiger partial charge in [-0.15, -0.1) is 0 Å². The first kappa shape index (κ1) is 13.5. The molecule has 0 heterocycles. The molecule has 0 amide bonds. The van der Waals surface area contributed by atoms with Crippen LogP contribution in [0.5, 0.6) is 0 Å². The van der Waals surface area contributed by atoms with Crippen LogP contribution in [0.4, 0.5) is 0 Å². The second kappa shape index (κ2) is 4.74. The van der Waals surface area contributed by atoms with Crippen LogP contribution < -0.4 is 0 Å². The molecule has 0 bridgehead atoms. The molecule has 3 heteroatoms. The van der Waals surface area contributed by atoms with E-state index < -0.39 is 0 Å². The van der Waals surface area contributed by atoms with Gasteiger partial charge in [-0.2, -0.15) is 0 Å². The summed E-state index contributed by atoms with van der Waals surface area (Å²) in [4.78, 5) is 1.88. The number of nitrogens with zero attached hydrogens (tertiary/aromatic N) is 1. The van der Waals surface area contributed by atoms with Gasteiger partial charge in [0.1, 0.15) is 11.4 Å². The Bertz CT molecular complexity index is 249. The molecule has 1 N–H and O–H groups in total. The molecule has 0 radical (unpaired) electrons. The number of amidine groups is 1. The van der Waals surface area contributed by atoms with Crippen molar-refractivity contribution in [3.8, 4) is 0 Å². The van der Waals surface area contributed by atoms with E-state index in [0.29, 0.717) is 17.9 Å². The standard InChI is InChI=1S/C13H26N2O/c1-6-16-13(11(14)15(4)5)9-7-12(2,3)8-10-13/h14H,6-10H2,1-5H3. The van der Waals surface area contributed by atoms with Crippen LogP contribution in [0, 0.1) is 10.8 Å². The first-order valence-corrected chi connectivity index (χ1v) is 6.23. The third kappa shape index (κ3) is 2.76. The van der Waals surface area contributed by atoms with Crippen molar-refractivity contribution in [1.82, 2.24) is 4.90 Å². The number of ether oxygens (including phenoxy) is 1. The molecular formula is C13H26N2O. The number of rotatable bonds is 3. The maximum absolute atomic E-state index is 8.22. The molecule has 1 aliphatic rings. The highest BCUT2D eigenvalue weighted by atomic mass is 16.5. The van der Waals surface area contributed by atoms with E-state index in [1.165, 1.54) is 0 Å². The lowest BCUT2D eigenvalue weighted by atomic mass is 9.70. The van der Waals surface area contributed by atoms with E-state index in [-0.39, 0.29) is 5.60 Å². The van der Waals surface area contributed by atoms with Gasteiger partial charge in [-0.25, -0.2) is 0 Å². The van der Waals surface area contributed by atoms with E-state index in [4.69, 9.17) is 10.1 Å². The van der Waals surface area contributed by atoms with Crippen LogP contribution in [0.3, 0.4) is 0 Å². The summed E-state index contributed by atoms with van der Waals surface area (Å²) in [6.45, 7) is 7.32. The fourth-order valence-electron chi connectivity index (χ4n) is 2.46. The lowest BCUT2D eigenvalue weighted by Gasteiger charge is -2.44. The summed E-state index contributed by atoms with van der Waals surface area (Å²) in [5, 5.41) is 8.22. The van der Waals surface area contributed by atoms with Gasteiger partial charge in [-0.05, 0) is 38.0 Å². The van der Waals surface area contributed by atoms with Crippen LogP contribution in [0.25, 0.3) is 0 Å². The average Bonchev–Trinajstić information content (AvgIpc) is 2.21. The summed E-state index contributed by atoms with van der Waals surface area (Å²) in [6.07, 6.45) is 4.24. The monoisotopic (exact) mass is 226 g/mol. The topological polar surface area (TPSA) is 36.3 Å². The van der Waals surface area contributed by atoms with Gasteiger partial charge in [0, 0.05) is 20.7 Å². The Kier molecular flexibility index (Phi) is 4.00. The van der Waals surface area contributed by atoms with E-state index in [2.05, 4.69) is 13.8 Å². The van der Waals surface area contributed by atoms with Gasteiger partial charge >= 0.3 is 0 Å². The summed E-state index contributed by atoms with van der Waals surface area (Å²) < 4.78 is 5.92. The lowest BCUT2D eigenvalue weighted by molar-refractivity contribution is -0.0397. The summed E-state index contributed by atoms with van der Waals surface area (Å²) in [5.74, 6) is 0.629. The quantitative estimate of drug-likeness (QED) is 0.593. The third-order valence-corrected chi connectivity index (χ3v) is 3.71. The van der Waals surface area contributed by atoms with Gasteiger partial charge in [0.25, 0.3) is 0 Å². The second-order valence-electron chi connectivity index (χ2n) is 5.83. The van der Waals surface area contributed by atoms with Crippen molar-refractivity contribution in [2.75, 3.05) is 20.7 Å². The Labute approximate surface area is 99.7 Å². The van der Waals surface area contributed by atoms with Gasteiger partial charge in [0.15, 0.2) is 0 Å². The Morgan fingerprint density at radius 1 is 1.19 bits per heavy atom. The molecule has 1 rings (SSSR count). The van der Waals surface area contributed by atoms with Crippen LogP contribution in [0.15, 0.2) is 0 Å². The van der Waals surface area contributed by atoms with Crippen LogP contribution in [0.2, 0.25) is 0 Å². The number of hydrogen-bond acceptors (Lipinski definition) is 2. The minimum absolute atomic E-state index is 0.326. The van der Waals surface area contributed by atoms with Crippen LogP contribution >= 0.6 is 0 Å².